The summed E-state index contributed by atoms with van der Waals surface area (Å²) in [5, 5.41) is 3.35. The molecule has 3 heterocycles. The van der Waals surface area contributed by atoms with Crippen molar-refractivity contribution >= 4 is 29.5 Å². The summed E-state index contributed by atoms with van der Waals surface area (Å²) < 4.78 is 10.8. The van der Waals surface area contributed by atoms with E-state index in [-0.39, 0.29) is 11.9 Å². The van der Waals surface area contributed by atoms with Crippen molar-refractivity contribution in [3.05, 3.63) is 71.1 Å². The van der Waals surface area contributed by atoms with E-state index in [1.54, 1.807) is 23.2 Å². The first-order valence-corrected chi connectivity index (χ1v) is 10.9. The van der Waals surface area contributed by atoms with Crippen LogP contribution in [-0.2, 0) is 0 Å². The molecule has 1 aliphatic heterocycles. The topological polar surface area (TPSA) is 89.5 Å². The summed E-state index contributed by atoms with van der Waals surface area (Å²) >= 11 is 5.88. The van der Waals surface area contributed by atoms with Crippen LogP contribution < -0.4 is 14.8 Å². The number of hydrogen-bond donors (Lipinski definition) is 1. The summed E-state index contributed by atoms with van der Waals surface area (Å²) in [5.41, 5.74) is 2.32. The smallest absolute Gasteiger partial charge is 0.323 e. The molecule has 0 aliphatic carbocycles. The number of halogens is 1. The van der Waals surface area contributed by atoms with Crippen LogP contribution in [0.1, 0.15) is 18.9 Å². The Morgan fingerprint density at radius 2 is 2.00 bits per heavy atom. The molecule has 1 fully saturated rings. The van der Waals surface area contributed by atoms with Crippen molar-refractivity contribution in [3.8, 4) is 17.5 Å². The summed E-state index contributed by atoms with van der Waals surface area (Å²) in [6, 6.07) is 11.1. The lowest BCUT2D eigenvalue weighted by molar-refractivity contribution is 0.197. The van der Waals surface area contributed by atoms with E-state index >= 15 is 0 Å². The largest absolute Gasteiger partial charge is 0.480 e. The molecule has 8 nitrogen and oxygen atoms in total. The first kappa shape index (κ1) is 22.5. The van der Waals surface area contributed by atoms with Crippen molar-refractivity contribution in [2.24, 2.45) is 5.92 Å². The van der Waals surface area contributed by atoms with E-state index in [0.29, 0.717) is 41.4 Å². The highest BCUT2D eigenvalue weighted by molar-refractivity contribution is 6.30. The van der Waals surface area contributed by atoms with Crippen molar-refractivity contribution in [2.45, 2.75) is 13.3 Å². The van der Waals surface area contributed by atoms with Crippen LogP contribution in [-0.4, -0.2) is 46.1 Å². The zero-order valence-corrected chi connectivity index (χ0v) is 19.1. The van der Waals surface area contributed by atoms with Crippen LogP contribution in [0.5, 0.6) is 17.5 Å². The van der Waals surface area contributed by atoms with Crippen molar-refractivity contribution in [1.29, 1.82) is 0 Å². The van der Waals surface area contributed by atoms with Gasteiger partial charge in [0, 0.05) is 25.4 Å². The predicted molar refractivity (Wildman–Crippen MR) is 127 cm³/mol. The summed E-state index contributed by atoms with van der Waals surface area (Å²) in [6.07, 6.45) is 7.44. The average Bonchev–Trinajstić information content (AvgIpc) is 2.82. The van der Waals surface area contributed by atoms with Crippen molar-refractivity contribution < 1.29 is 14.3 Å². The fourth-order valence-corrected chi connectivity index (χ4v) is 3.66. The summed E-state index contributed by atoms with van der Waals surface area (Å²) in [7, 11) is 1.52. The first-order valence-electron chi connectivity index (χ1n) is 10.5. The van der Waals surface area contributed by atoms with Gasteiger partial charge >= 0.3 is 6.03 Å². The molecule has 4 rings (SSSR count). The Balaban J connectivity index is 1.37. The number of nitrogens with one attached hydrogen (secondary N) is 1. The van der Waals surface area contributed by atoms with Gasteiger partial charge in [-0.15, -0.1) is 0 Å². The Bertz CT molecular complexity index is 1140. The van der Waals surface area contributed by atoms with Gasteiger partial charge in [-0.05, 0) is 36.1 Å². The molecule has 0 spiro atoms. The number of carbonyl (C=O) groups is 1. The highest BCUT2D eigenvalue weighted by Crippen LogP contribution is 2.27. The minimum absolute atomic E-state index is 0.189. The predicted octanol–water partition coefficient (Wildman–Crippen LogP) is 5.28. The molecule has 2 amide bonds. The highest BCUT2D eigenvalue weighted by atomic mass is 35.5. The quantitative estimate of drug-likeness (QED) is 0.551. The third-order valence-electron chi connectivity index (χ3n) is 5.29. The zero-order valence-electron chi connectivity index (χ0n) is 18.4. The second-order valence-corrected chi connectivity index (χ2v) is 8.12. The number of methoxy groups -OCH3 is 1. The molecule has 170 valence electrons. The van der Waals surface area contributed by atoms with Gasteiger partial charge in [0.2, 0.25) is 11.8 Å². The maximum absolute atomic E-state index is 12.6. The van der Waals surface area contributed by atoms with Crippen LogP contribution >= 0.6 is 11.6 Å². The minimum Gasteiger partial charge on any atom is -0.480 e. The van der Waals surface area contributed by atoms with E-state index < -0.39 is 0 Å². The first-order chi connectivity index (χ1) is 16.0. The van der Waals surface area contributed by atoms with Crippen LogP contribution in [0.4, 0.5) is 10.6 Å². The Morgan fingerprint density at radius 1 is 1.15 bits per heavy atom. The molecule has 3 aromatic rings. The molecule has 0 bridgehead atoms. The molecule has 1 unspecified atom stereocenters. The van der Waals surface area contributed by atoms with Gasteiger partial charge in [-0.2, -0.15) is 0 Å². The number of ether oxygens (including phenoxy) is 2. The van der Waals surface area contributed by atoms with Gasteiger partial charge in [0.15, 0.2) is 5.82 Å². The number of pyridine rings is 1. The molecule has 33 heavy (non-hydrogen) atoms. The van der Waals surface area contributed by atoms with Crippen molar-refractivity contribution in [2.75, 3.05) is 25.5 Å². The van der Waals surface area contributed by atoms with E-state index in [9.17, 15) is 4.79 Å². The van der Waals surface area contributed by atoms with Gasteiger partial charge in [0.1, 0.15) is 5.75 Å². The zero-order chi connectivity index (χ0) is 23.2. The van der Waals surface area contributed by atoms with Crippen LogP contribution in [0.2, 0.25) is 5.02 Å². The number of nitrogens with zero attached hydrogens (tertiary/aromatic N) is 4. The van der Waals surface area contributed by atoms with Crippen molar-refractivity contribution in [3.63, 3.8) is 0 Å². The SMILES string of the molecule is COc1cnc(NC(=O)N2CC/C(=C\c3cccc(Oc4ccc(Cl)cn4)c3)C(C)C2)cn1. The summed E-state index contributed by atoms with van der Waals surface area (Å²) in [5.74, 6) is 2.19. The maximum atomic E-state index is 12.6. The standard InChI is InChI=1S/C24H24ClN5O3/c1-16-15-30(24(31)29-21-13-28-23(32-2)14-26-21)9-8-18(16)10-17-4-3-5-20(11-17)33-22-7-6-19(25)12-27-22/h3-7,10-14,16H,8-9,15H2,1-2H3,(H,26,29,31)/b18-10+. The fourth-order valence-electron chi connectivity index (χ4n) is 3.55. The van der Waals surface area contributed by atoms with Gasteiger partial charge < -0.3 is 14.4 Å². The third kappa shape index (κ3) is 5.98. The Kier molecular flexibility index (Phi) is 7.04. The number of benzene rings is 1. The number of likely N-dealkylation sites (tertiary alicyclic amines) is 1. The molecule has 1 saturated heterocycles. The lowest BCUT2D eigenvalue weighted by atomic mass is 9.91. The number of anilines is 1. The lowest BCUT2D eigenvalue weighted by Gasteiger charge is -2.33. The number of aromatic nitrogens is 3. The van der Waals surface area contributed by atoms with E-state index in [2.05, 4.69) is 33.3 Å². The molecule has 1 aliphatic rings. The van der Waals surface area contributed by atoms with Crippen molar-refractivity contribution in [1.82, 2.24) is 19.9 Å². The van der Waals surface area contributed by atoms with Gasteiger partial charge in [-0.1, -0.05) is 42.3 Å². The number of rotatable bonds is 5. The molecular formula is C24H24ClN5O3. The molecule has 1 N–H and O–H groups in total. The van der Waals surface area contributed by atoms with Crippen LogP contribution in [0, 0.1) is 5.92 Å². The molecule has 9 heteroatoms. The number of carbonyl (C=O) groups excluding carboxylic acids is 1. The molecule has 1 aromatic carbocycles. The number of piperidine rings is 1. The third-order valence-corrected chi connectivity index (χ3v) is 5.51. The maximum Gasteiger partial charge on any atom is 0.323 e. The summed E-state index contributed by atoms with van der Waals surface area (Å²) in [6.45, 7) is 3.36. The van der Waals surface area contributed by atoms with Crippen LogP contribution in [0.3, 0.4) is 0 Å². The molecule has 0 saturated carbocycles. The second kappa shape index (κ2) is 10.3. The van der Waals surface area contributed by atoms with Gasteiger partial charge in [-0.3, -0.25) is 5.32 Å². The number of urea groups is 1. The molecule has 0 radical (unpaired) electrons. The van der Waals surface area contributed by atoms with E-state index in [1.807, 2.05) is 24.3 Å². The van der Waals surface area contributed by atoms with E-state index in [0.717, 1.165) is 12.0 Å². The highest BCUT2D eigenvalue weighted by Gasteiger charge is 2.24. The van der Waals surface area contributed by atoms with E-state index in [1.165, 1.54) is 25.1 Å². The Morgan fingerprint density at radius 3 is 2.70 bits per heavy atom. The average molecular weight is 466 g/mol. The van der Waals surface area contributed by atoms with Gasteiger partial charge in [-0.25, -0.2) is 19.7 Å². The minimum atomic E-state index is -0.189. The van der Waals surface area contributed by atoms with Crippen LogP contribution in [0.25, 0.3) is 6.08 Å². The Labute approximate surface area is 197 Å². The summed E-state index contributed by atoms with van der Waals surface area (Å²) in [4.78, 5) is 26.8. The fraction of sp³-hybridized carbons (Fsp3) is 0.250. The number of amides is 2. The molecule has 1 atom stereocenters. The van der Waals surface area contributed by atoms with Gasteiger partial charge in [0.25, 0.3) is 0 Å². The molecule has 2 aromatic heterocycles. The van der Waals surface area contributed by atoms with Crippen LogP contribution in [0.15, 0.2) is 60.6 Å². The molecular weight excluding hydrogens is 442 g/mol. The second-order valence-electron chi connectivity index (χ2n) is 7.68. The number of hydrogen-bond acceptors (Lipinski definition) is 6. The Hall–Kier alpha value is -3.65. The normalized spacial score (nSPS) is 17.0. The van der Waals surface area contributed by atoms with Gasteiger partial charge in [0.05, 0.1) is 24.5 Å². The lowest BCUT2D eigenvalue weighted by Crippen LogP contribution is -2.42. The van der Waals surface area contributed by atoms with E-state index in [4.69, 9.17) is 21.1 Å². The monoisotopic (exact) mass is 465 g/mol.